The molecule has 0 rings (SSSR count). The molecule has 0 radical (unpaired) electrons. The standard InChI is InChI=1S/C41H67O9P/c1-3-5-7-8-9-10-11-12-13-14-19-22-25-28-31-35-41(44)50-39(37-49-51(45,46)47)36-48-40(43)34-30-27-24-21-18-16-15-17-20-23-26-29-33-38(42)32-6-4-2/h9-10,12-13,15-16,19-24,29,33,38-39,42H,3-8,11,14,17-18,25-28,30-32,34-37H2,1-2H3,(H2,45,46,47)/b10-9-,13-12-,16-15-,22-19-,23-20-,24-21-,33-29-/t38-,39+/m0/s1. The summed E-state index contributed by atoms with van der Waals surface area (Å²) in [5.74, 6) is -1.03. The Kier molecular flexibility index (Phi) is 33.6. The summed E-state index contributed by atoms with van der Waals surface area (Å²) in [7, 11) is -4.79. The van der Waals surface area contributed by atoms with Crippen LogP contribution in [0.15, 0.2) is 85.1 Å². The second-order valence-electron chi connectivity index (χ2n) is 12.4. The van der Waals surface area contributed by atoms with Crippen LogP contribution >= 0.6 is 7.82 Å². The molecule has 0 fully saturated rings. The predicted octanol–water partition coefficient (Wildman–Crippen LogP) is 10.3. The summed E-state index contributed by atoms with van der Waals surface area (Å²) in [4.78, 5) is 42.7. The molecule has 0 aromatic carbocycles. The van der Waals surface area contributed by atoms with E-state index in [4.69, 9.17) is 19.3 Å². The van der Waals surface area contributed by atoms with Crippen molar-refractivity contribution < 1.29 is 43.0 Å². The van der Waals surface area contributed by atoms with Crippen LogP contribution in [-0.2, 0) is 28.2 Å². The van der Waals surface area contributed by atoms with E-state index in [1.54, 1.807) is 0 Å². The number of carbonyl (C=O) groups is 2. The molecule has 3 N–H and O–H groups in total. The lowest BCUT2D eigenvalue weighted by Gasteiger charge is -2.18. The fourth-order valence-corrected chi connectivity index (χ4v) is 4.93. The van der Waals surface area contributed by atoms with Crippen LogP contribution in [0.25, 0.3) is 0 Å². The summed E-state index contributed by atoms with van der Waals surface area (Å²) in [6.45, 7) is 3.39. The van der Waals surface area contributed by atoms with Crippen molar-refractivity contribution in [2.45, 2.75) is 148 Å². The first-order chi connectivity index (χ1) is 24.7. The minimum Gasteiger partial charge on any atom is -0.462 e. The van der Waals surface area contributed by atoms with Crippen LogP contribution in [0.3, 0.4) is 0 Å². The normalized spacial score (nSPS) is 14.1. The van der Waals surface area contributed by atoms with Gasteiger partial charge in [-0.05, 0) is 83.5 Å². The lowest BCUT2D eigenvalue weighted by Crippen LogP contribution is -2.29. The third-order valence-electron chi connectivity index (χ3n) is 7.46. The molecule has 0 saturated carbocycles. The van der Waals surface area contributed by atoms with Crippen LogP contribution in [0.4, 0.5) is 0 Å². The second kappa shape index (κ2) is 35.6. The summed E-state index contributed by atoms with van der Waals surface area (Å²) in [6.07, 6.45) is 43.6. The van der Waals surface area contributed by atoms with Gasteiger partial charge >= 0.3 is 19.8 Å². The van der Waals surface area contributed by atoms with Crippen molar-refractivity contribution in [3.63, 3.8) is 0 Å². The predicted molar refractivity (Wildman–Crippen MR) is 208 cm³/mol. The van der Waals surface area contributed by atoms with Gasteiger partial charge in [0.25, 0.3) is 0 Å². The maximum atomic E-state index is 12.3. The Morgan fingerprint density at radius 2 is 1.06 bits per heavy atom. The molecule has 10 heteroatoms. The molecule has 0 bridgehead atoms. The lowest BCUT2D eigenvalue weighted by atomic mass is 10.1. The number of aliphatic hydroxyl groups is 1. The number of unbranched alkanes of at least 4 members (excludes halogenated alkanes) is 7. The molecule has 0 amide bonds. The second-order valence-corrected chi connectivity index (χ2v) is 13.6. The minimum atomic E-state index is -4.79. The molecule has 0 aliphatic heterocycles. The number of hydrogen-bond acceptors (Lipinski definition) is 7. The van der Waals surface area contributed by atoms with Gasteiger partial charge in [-0.3, -0.25) is 14.1 Å². The average molecular weight is 735 g/mol. The van der Waals surface area contributed by atoms with E-state index >= 15 is 0 Å². The van der Waals surface area contributed by atoms with E-state index in [0.29, 0.717) is 19.3 Å². The molecule has 0 spiro atoms. The number of phosphoric ester groups is 1. The van der Waals surface area contributed by atoms with Crippen LogP contribution < -0.4 is 0 Å². The Morgan fingerprint density at radius 3 is 1.59 bits per heavy atom. The first kappa shape index (κ1) is 48.2. The molecule has 0 aliphatic rings. The fourth-order valence-electron chi connectivity index (χ4n) is 4.56. The number of ether oxygens (including phenoxy) is 2. The molecule has 0 aromatic rings. The van der Waals surface area contributed by atoms with E-state index < -0.39 is 32.5 Å². The number of allylic oxidation sites excluding steroid dienone is 13. The summed E-state index contributed by atoms with van der Waals surface area (Å²) >= 11 is 0. The summed E-state index contributed by atoms with van der Waals surface area (Å²) in [5.41, 5.74) is 0. The van der Waals surface area contributed by atoms with E-state index in [-0.39, 0.29) is 25.6 Å². The quantitative estimate of drug-likeness (QED) is 0.0260. The number of esters is 2. The smallest absolute Gasteiger partial charge is 0.462 e. The number of aliphatic hydroxyl groups excluding tert-OH is 1. The first-order valence-corrected chi connectivity index (χ1v) is 20.5. The Hall–Kier alpha value is -2.81. The van der Waals surface area contributed by atoms with Gasteiger partial charge in [-0.1, -0.05) is 125 Å². The molecular formula is C41H67O9P. The number of hydrogen-bond donors (Lipinski definition) is 3. The van der Waals surface area contributed by atoms with Crippen LogP contribution in [-0.4, -0.2) is 52.3 Å². The SMILES string of the molecule is CCCCC/C=C\C/C=C\C/C=C\CCCCC(=O)O[C@H](COC(=O)CCC/C=C\C/C=C\C/C=C\C/C=C\[C@@H](O)CCCC)COP(=O)(O)O. The zero-order chi connectivity index (χ0) is 37.7. The molecule has 0 unspecified atom stereocenters. The Morgan fingerprint density at radius 1 is 0.588 bits per heavy atom. The van der Waals surface area contributed by atoms with E-state index in [0.717, 1.165) is 70.6 Å². The van der Waals surface area contributed by atoms with Crippen LogP contribution in [0.1, 0.15) is 136 Å². The van der Waals surface area contributed by atoms with Crippen molar-refractivity contribution in [1.82, 2.24) is 0 Å². The van der Waals surface area contributed by atoms with E-state index in [2.05, 4.69) is 79.1 Å². The maximum absolute atomic E-state index is 12.3. The summed E-state index contributed by atoms with van der Waals surface area (Å²) in [6, 6.07) is 0. The zero-order valence-corrected chi connectivity index (χ0v) is 32.2. The zero-order valence-electron chi connectivity index (χ0n) is 31.3. The van der Waals surface area contributed by atoms with Crippen molar-refractivity contribution in [3.05, 3.63) is 85.1 Å². The van der Waals surface area contributed by atoms with Gasteiger partial charge in [0.15, 0.2) is 6.10 Å². The highest BCUT2D eigenvalue weighted by Gasteiger charge is 2.22. The van der Waals surface area contributed by atoms with E-state index in [1.165, 1.54) is 19.3 Å². The monoisotopic (exact) mass is 734 g/mol. The van der Waals surface area contributed by atoms with Crippen LogP contribution in [0, 0.1) is 0 Å². The molecule has 0 aromatic heterocycles. The molecule has 0 aliphatic carbocycles. The van der Waals surface area contributed by atoms with Gasteiger partial charge in [0.1, 0.15) is 6.61 Å². The summed E-state index contributed by atoms with van der Waals surface area (Å²) < 4.78 is 26.2. The van der Waals surface area contributed by atoms with Crippen molar-refractivity contribution in [3.8, 4) is 0 Å². The van der Waals surface area contributed by atoms with Gasteiger partial charge in [-0.15, -0.1) is 0 Å². The molecule has 290 valence electrons. The third-order valence-corrected chi connectivity index (χ3v) is 7.94. The van der Waals surface area contributed by atoms with Gasteiger partial charge in [-0.2, -0.15) is 0 Å². The number of phosphoric acid groups is 1. The Labute approximate surface area is 308 Å². The molecular weight excluding hydrogens is 667 g/mol. The number of rotatable bonds is 33. The van der Waals surface area contributed by atoms with Gasteiger partial charge in [0, 0.05) is 12.8 Å². The van der Waals surface area contributed by atoms with Gasteiger partial charge in [0.2, 0.25) is 0 Å². The maximum Gasteiger partial charge on any atom is 0.469 e. The molecule has 0 saturated heterocycles. The van der Waals surface area contributed by atoms with E-state index in [9.17, 15) is 19.3 Å². The van der Waals surface area contributed by atoms with Crippen LogP contribution in [0.2, 0.25) is 0 Å². The highest BCUT2D eigenvalue weighted by molar-refractivity contribution is 7.46. The van der Waals surface area contributed by atoms with E-state index in [1.807, 2.05) is 24.3 Å². The highest BCUT2D eigenvalue weighted by Crippen LogP contribution is 2.35. The fraction of sp³-hybridized carbons (Fsp3) is 0.610. The summed E-state index contributed by atoms with van der Waals surface area (Å²) in [5, 5.41) is 9.78. The Balaban J connectivity index is 4.19. The minimum absolute atomic E-state index is 0.138. The van der Waals surface area contributed by atoms with Crippen molar-refractivity contribution in [2.24, 2.45) is 0 Å². The van der Waals surface area contributed by atoms with Crippen molar-refractivity contribution >= 4 is 19.8 Å². The van der Waals surface area contributed by atoms with Crippen molar-refractivity contribution in [2.75, 3.05) is 13.2 Å². The largest absolute Gasteiger partial charge is 0.469 e. The highest BCUT2D eigenvalue weighted by atomic mass is 31.2. The van der Waals surface area contributed by atoms with Gasteiger partial charge in [0.05, 0.1) is 12.7 Å². The lowest BCUT2D eigenvalue weighted by molar-refractivity contribution is -0.161. The number of carbonyl (C=O) groups excluding carboxylic acids is 2. The van der Waals surface area contributed by atoms with Crippen LogP contribution in [0.5, 0.6) is 0 Å². The molecule has 51 heavy (non-hydrogen) atoms. The van der Waals surface area contributed by atoms with Gasteiger partial charge < -0.3 is 24.4 Å². The topological polar surface area (TPSA) is 140 Å². The Bertz CT molecular complexity index is 1110. The van der Waals surface area contributed by atoms with Crippen molar-refractivity contribution in [1.29, 1.82) is 0 Å². The average Bonchev–Trinajstić information content (AvgIpc) is 3.09. The first-order valence-electron chi connectivity index (χ1n) is 19.0. The molecule has 0 heterocycles. The van der Waals surface area contributed by atoms with Gasteiger partial charge in [-0.25, -0.2) is 4.57 Å². The molecule has 2 atom stereocenters. The molecule has 9 nitrogen and oxygen atoms in total. The third kappa shape index (κ3) is 38.3.